The summed E-state index contributed by atoms with van der Waals surface area (Å²) in [4.78, 5) is 30.6. The maximum Gasteiger partial charge on any atom is 0.262 e. The molecule has 1 aromatic carbocycles. The van der Waals surface area contributed by atoms with Crippen LogP contribution in [0.4, 0.5) is 0 Å². The number of benzene rings is 1. The molecule has 0 aliphatic carbocycles. The molecule has 6 nitrogen and oxygen atoms in total. The third kappa shape index (κ3) is 3.33. The number of nitrogens with one attached hydrogen (secondary N) is 1. The van der Waals surface area contributed by atoms with Gasteiger partial charge >= 0.3 is 0 Å². The Morgan fingerprint density at radius 3 is 2.77 bits per heavy atom. The molecular weight excluding hydrogens is 350 g/mol. The van der Waals surface area contributed by atoms with E-state index in [1.807, 2.05) is 4.90 Å². The summed E-state index contributed by atoms with van der Waals surface area (Å²) < 4.78 is 7.57. The molecule has 3 heterocycles. The second kappa shape index (κ2) is 7.32. The molecule has 7 heteroatoms. The Morgan fingerprint density at radius 2 is 2.04 bits per heavy atom. The van der Waals surface area contributed by atoms with Gasteiger partial charge < -0.3 is 14.6 Å². The Kier molecular flexibility index (Phi) is 4.91. The van der Waals surface area contributed by atoms with E-state index >= 15 is 0 Å². The highest BCUT2D eigenvalue weighted by Crippen LogP contribution is 2.17. The van der Waals surface area contributed by atoms with E-state index in [0.717, 1.165) is 45.4 Å². The van der Waals surface area contributed by atoms with Gasteiger partial charge in [0.25, 0.3) is 11.5 Å². The van der Waals surface area contributed by atoms with Crippen LogP contribution in [0, 0.1) is 4.77 Å². The average molecular weight is 373 g/mol. The number of carbonyl (C=O) groups excluding carboxylic acids is 1. The first-order chi connectivity index (χ1) is 12.6. The Hall–Kier alpha value is -1.99. The summed E-state index contributed by atoms with van der Waals surface area (Å²) in [6, 6.07) is 5.22. The van der Waals surface area contributed by atoms with Gasteiger partial charge in [0, 0.05) is 25.3 Å². The largest absolute Gasteiger partial charge is 0.376 e. The second-order valence-electron chi connectivity index (χ2n) is 7.09. The van der Waals surface area contributed by atoms with E-state index in [1.54, 1.807) is 22.8 Å². The summed E-state index contributed by atoms with van der Waals surface area (Å²) in [6.07, 6.45) is 5.29. The van der Waals surface area contributed by atoms with Crippen molar-refractivity contribution in [3.63, 3.8) is 0 Å². The lowest BCUT2D eigenvalue weighted by molar-refractivity contribution is 0.0724. The number of carbonyl (C=O) groups is 1. The molecule has 2 aliphatic heterocycles. The number of ether oxygens (including phenoxy) is 1. The van der Waals surface area contributed by atoms with Crippen LogP contribution in [0.5, 0.6) is 0 Å². The van der Waals surface area contributed by atoms with E-state index < -0.39 is 0 Å². The minimum Gasteiger partial charge on any atom is -0.376 e. The Morgan fingerprint density at radius 1 is 1.23 bits per heavy atom. The number of hydrogen-bond donors (Lipinski definition) is 1. The van der Waals surface area contributed by atoms with Crippen molar-refractivity contribution in [1.82, 2.24) is 14.5 Å². The molecule has 0 spiro atoms. The fraction of sp³-hybridized carbons (Fsp3) is 0.526. The molecule has 2 fully saturated rings. The van der Waals surface area contributed by atoms with Crippen molar-refractivity contribution < 1.29 is 9.53 Å². The fourth-order valence-electron chi connectivity index (χ4n) is 3.82. The van der Waals surface area contributed by atoms with Crippen molar-refractivity contribution in [2.75, 3.05) is 19.7 Å². The van der Waals surface area contributed by atoms with Crippen LogP contribution in [-0.2, 0) is 11.3 Å². The number of likely N-dealkylation sites (tertiary alicyclic amines) is 1. The third-order valence-electron chi connectivity index (χ3n) is 5.28. The second-order valence-corrected chi connectivity index (χ2v) is 7.48. The highest BCUT2D eigenvalue weighted by molar-refractivity contribution is 7.71. The van der Waals surface area contributed by atoms with E-state index in [0.29, 0.717) is 27.8 Å². The van der Waals surface area contributed by atoms with Crippen LogP contribution in [0.2, 0.25) is 0 Å². The lowest BCUT2D eigenvalue weighted by Gasteiger charge is -2.26. The quantitative estimate of drug-likeness (QED) is 0.840. The van der Waals surface area contributed by atoms with Gasteiger partial charge in [0.2, 0.25) is 0 Å². The van der Waals surface area contributed by atoms with Gasteiger partial charge in [-0.2, -0.15) is 0 Å². The summed E-state index contributed by atoms with van der Waals surface area (Å²) in [5, 5.41) is 0.548. The molecule has 4 rings (SSSR count). The molecule has 0 radical (unpaired) electrons. The minimum absolute atomic E-state index is 0.0226. The van der Waals surface area contributed by atoms with Crippen molar-refractivity contribution in [3.8, 4) is 0 Å². The predicted octanol–water partition coefficient (Wildman–Crippen LogP) is 2.86. The Bertz CT molecular complexity index is 937. The molecule has 2 saturated heterocycles. The molecule has 138 valence electrons. The zero-order valence-corrected chi connectivity index (χ0v) is 15.5. The number of aromatic nitrogens is 2. The minimum atomic E-state index is -0.128. The molecule has 2 aliphatic rings. The Labute approximate surface area is 156 Å². The van der Waals surface area contributed by atoms with Crippen LogP contribution in [0.1, 0.15) is 42.5 Å². The van der Waals surface area contributed by atoms with Gasteiger partial charge in [0.1, 0.15) is 0 Å². The first kappa shape index (κ1) is 17.4. The van der Waals surface area contributed by atoms with Gasteiger partial charge in [0.05, 0.1) is 23.6 Å². The molecule has 1 N–H and O–H groups in total. The fourth-order valence-corrected chi connectivity index (χ4v) is 4.09. The summed E-state index contributed by atoms with van der Waals surface area (Å²) in [7, 11) is 0. The number of piperidine rings is 1. The van der Waals surface area contributed by atoms with Gasteiger partial charge in [-0.3, -0.25) is 14.2 Å². The van der Waals surface area contributed by atoms with Gasteiger partial charge in [0.15, 0.2) is 4.77 Å². The molecule has 2 aromatic rings. The van der Waals surface area contributed by atoms with E-state index in [4.69, 9.17) is 17.0 Å². The maximum atomic E-state index is 12.8. The molecule has 1 aromatic heterocycles. The van der Waals surface area contributed by atoms with E-state index in [-0.39, 0.29) is 17.6 Å². The van der Waals surface area contributed by atoms with Crippen molar-refractivity contribution in [2.45, 2.75) is 44.8 Å². The molecule has 1 atom stereocenters. The van der Waals surface area contributed by atoms with E-state index in [1.165, 1.54) is 6.42 Å². The number of amides is 1. The standard InChI is InChI=1S/C19H23N3O3S/c23-17(21-8-2-1-3-9-21)13-6-7-15-16(11-13)20-19(26)22(18(15)24)12-14-5-4-10-25-14/h6-7,11,14H,1-5,8-10,12H2,(H,20,26)/t14-/m0/s1. The highest BCUT2D eigenvalue weighted by atomic mass is 32.1. The molecule has 0 saturated carbocycles. The number of H-pyrrole nitrogens is 1. The van der Waals surface area contributed by atoms with Gasteiger partial charge in [-0.1, -0.05) is 0 Å². The molecule has 0 unspecified atom stereocenters. The number of fused-ring (bicyclic) bond motifs is 1. The summed E-state index contributed by atoms with van der Waals surface area (Å²) in [5.41, 5.74) is 1.09. The van der Waals surface area contributed by atoms with Gasteiger partial charge in [-0.25, -0.2) is 0 Å². The Balaban J connectivity index is 1.67. The first-order valence-corrected chi connectivity index (χ1v) is 9.72. The number of nitrogens with zero attached hydrogens (tertiary/aromatic N) is 2. The molecular formula is C19H23N3O3S. The zero-order valence-electron chi connectivity index (χ0n) is 14.7. The van der Waals surface area contributed by atoms with E-state index in [9.17, 15) is 9.59 Å². The van der Waals surface area contributed by atoms with E-state index in [2.05, 4.69) is 4.98 Å². The molecule has 0 bridgehead atoms. The summed E-state index contributed by atoms with van der Waals surface area (Å²) in [6.45, 7) is 2.82. The summed E-state index contributed by atoms with van der Waals surface area (Å²) >= 11 is 5.39. The van der Waals surface area contributed by atoms with Crippen LogP contribution in [0.15, 0.2) is 23.0 Å². The SMILES string of the molecule is O=C(c1ccc2c(=O)n(C[C@@H]3CCCO3)c(=S)[nH]c2c1)N1CCCCC1. The van der Waals surface area contributed by atoms with Crippen molar-refractivity contribution >= 4 is 29.0 Å². The van der Waals surface area contributed by atoms with Crippen LogP contribution in [0.25, 0.3) is 10.9 Å². The molecule has 26 heavy (non-hydrogen) atoms. The number of hydrogen-bond acceptors (Lipinski definition) is 4. The maximum absolute atomic E-state index is 12.8. The topological polar surface area (TPSA) is 67.3 Å². The average Bonchev–Trinajstić information content (AvgIpc) is 3.18. The van der Waals surface area contributed by atoms with Crippen molar-refractivity contribution in [1.29, 1.82) is 0 Å². The lowest BCUT2D eigenvalue weighted by atomic mass is 10.1. The summed E-state index contributed by atoms with van der Waals surface area (Å²) in [5.74, 6) is 0.0226. The number of rotatable bonds is 3. The van der Waals surface area contributed by atoms with Gasteiger partial charge in [-0.15, -0.1) is 0 Å². The monoisotopic (exact) mass is 373 g/mol. The van der Waals surface area contributed by atoms with Crippen LogP contribution < -0.4 is 5.56 Å². The normalized spacial score (nSPS) is 20.6. The predicted molar refractivity (Wildman–Crippen MR) is 102 cm³/mol. The first-order valence-electron chi connectivity index (χ1n) is 9.31. The molecule has 1 amide bonds. The van der Waals surface area contributed by atoms with Crippen molar-refractivity contribution in [3.05, 3.63) is 38.9 Å². The smallest absolute Gasteiger partial charge is 0.262 e. The lowest BCUT2D eigenvalue weighted by Crippen LogP contribution is -2.35. The van der Waals surface area contributed by atoms with Crippen LogP contribution in [0.3, 0.4) is 0 Å². The number of aromatic amines is 1. The van der Waals surface area contributed by atoms with Crippen LogP contribution >= 0.6 is 12.2 Å². The highest BCUT2D eigenvalue weighted by Gasteiger charge is 2.20. The third-order valence-corrected chi connectivity index (χ3v) is 5.60. The zero-order chi connectivity index (χ0) is 18.1. The van der Waals surface area contributed by atoms with Gasteiger partial charge in [-0.05, 0) is 62.5 Å². The van der Waals surface area contributed by atoms with Crippen LogP contribution in [-0.4, -0.2) is 46.2 Å². The van der Waals surface area contributed by atoms with Crippen molar-refractivity contribution in [2.24, 2.45) is 0 Å².